The van der Waals surface area contributed by atoms with Gasteiger partial charge in [-0.25, -0.2) is 4.39 Å². The van der Waals surface area contributed by atoms with Crippen LogP contribution in [0.25, 0.3) is 55.7 Å². The molecule has 0 saturated carbocycles. The second kappa shape index (κ2) is 17.5. The van der Waals surface area contributed by atoms with Crippen molar-refractivity contribution in [3.05, 3.63) is 209 Å². The summed E-state index contributed by atoms with van der Waals surface area (Å²) in [7, 11) is 0. The van der Waals surface area contributed by atoms with Gasteiger partial charge >= 0.3 is 0 Å². The molecule has 0 radical (unpaired) electrons. The van der Waals surface area contributed by atoms with Crippen molar-refractivity contribution < 1.29 is 29.4 Å². The minimum atomic E-state index is -3.38. The van der Waals surface area contributed by atoms with Gasteiger partial charge in [0, 0.05) is 59.9 Å². The van der Waals surface area contributed by atoms with E-state index in [9.17, 15) is 19.2 Å². The molecule has 61 heavy (non-hydrogen) atoms. The van der Waals surface area contributed by atoms with Crippen molar-refractivity contribution in [2.24, 2.45) is 5.41 Å². The number of rotatable bonds is 13. The first-order valence-corrected chi connectivity index (χ1v) is 19.8. The molecule has 9 rings (SSSR count). The molecule has 4 aromatic heterocycles. The fourth-order valence-electron chi connectivity index (χ4n) is 6.92. The number of aryl methyl sites for hydroxylation is 6. The fraction of sp³-hybridized carbons (Fsp3) is 0.196. The summed E-state index contributed by atoms with van der Waals surface area (Å²) in [6, 6.07) is 34.7. The van der Waals surface area contributed by atoms with Crippen molar-refractivity contribution in [3.8, 4) is 33.8 Å². The molecule has 0 saturated heterocycles. The van der Waals surface area contributed by atoms with Crippen LogP contribution in [0.5, 0.6) is 0 Å². The maximum Gasteiger partial charge on any atom is 0.144 e. The van der Waals surface area contributed by atoms with Crippen molar-refractivity contribution in [2.75, 3.05) is 0 Å². The Kier molecular flexibility index (Phi) is 7.39. The third kappa shape index (κ3) is 9.37. The number of furan rings is 1. The number of hydrogen-bond acceptors (Lipinski definition) is 4. The zero-order valence-electron chi connectivity index (χ0n) is 48.6. The van der Waals surface area contributed by atoms with Gasteiger partial charge in [-0.3, -0.25) is 15.0 Å². The van der Waals surface area contributed by atoms with E-state index in [1.54, 1.807) is 87.5 Å². The van der Waals surface area contributed by atoms with Crippen LogP contribution in [0.2, 0.25) is 0 Å². The average Bonchev–Trinajstić information content (AvgIpc) is 3.83. The van der Waals surface area contributed by atoms with Gasteiger partial charge in [0.1, 0.15) is 17.0 Å². The molecule has 4 nitrogen and oxygen atoms in total. The lowest BCUT2D eigenvalue weighted by Crippen LogP contribution is -2.12. The topological polar surface area (TPSA) is 51.8 Å². The van der Waals surface area contributed by atoms with Gasteiger partial charge in [-0.05, 0) is 125 Å². The highest BCUT2D eigenvalue weighted by Crippen LogP contribution is 2.37. The molecular weight excluding hydrogens is 750 g/mol. The Hall–Kier alpha value is -6.72. The third-order valence-electron chi connectivity index (χ3n) is 9.74. The first kappa shape index (κ1) is 25.8. The predicted molar refractivity (Wildman–Crippen MR) is 248 cm³/mol. The van der Waals surface area contributed by atoms with Gasteiger partial charge in [0.05, 0.1) is 23.8 Å². The van der Waals surface area contributed by atoms with E-state index < -0.39 is 78.1 Å². The lowest BCUT2D eigenvalue weighted by Gasteiger charge is -2.21. The minimum Gasteiger partial charge on any atom is -0.455 e. The van der Waals surface area contributed by atoms with Gasteiger partial charge in [-0.2, -0.15) is 0 Å². The molecular formula is C56H50FN3O. The molecule has 0 aliphatic rings. The molecule has 302 valence electrons. The van der Waals surface area contributed by atoms with Crippen LogP contribution in [0.1, 0.15) is 80.3 Å². The van der Waals surface area contributed by atoms with Crippen molar-refractivity contribution in [1.29, 1.82) is 0 Å². The average molecular weight is 815 g/mol. The van der Waals surface area contributed by atoms with Gasteiger partial charge in [0.2, 0.25) is 0 Å². The molecule has 0 aliphatic carbocycles. The van der Waals surface area contributed by atoms with Gasteiger partial charge in [-0.1, -0.05) is 130 Å². The lowest BCUT2D eigenvalue weighted by atomic mass is 9.85. The van der Waals surface area contributed by atoms with Gasteiger partial charge in [0.25, 0.3) is 0 Å². The molecule has 0 bridgehead atoms. The number of para-hydroxylation sites is 1. The largest absolute Gasteiger partial charge is 0.455 e. The predicted octanol–water partition coefficient (Wildman–Crippen LogP) is 13.9. The van der Waals surface area contributed by atoms with Crippen LogP contribution in [0.4, 0.5) is 4.39 Å². The third-order valence-corrected chi connectivity index (χ3v) is 9.74. The summed E-state index contributed by atoms with van der Waals surface area (Å²) in [6.07, 6.45) is -18.2. The normalized spacial score (nSPS) is 17.0. The second-order valence-corrected chi connectivity index (χ2v) is 15.5. The second-order valence-electron chi connectivity index (χ2n) is 15.5. The number of pyridine rings is 3. The van der Waals surface area contributed by atoms with Crippen LogP contribution in [-0.2, 0) is 44.6 Å². The van der Waals surface area contributed by atoms with E-state index >= 15 is 4.39 Å². The highest BCUT2D eigenvalue weighted by molar-refractivity contribution is 6.09. The number of nitrogens with zero attached hydrogens (tertiary/aromatic N) is 3. The molecule has 9 aromatic rings. The first-order chi connectivity index (χ1) is 35.4. The molecule has 5 heteroatoms. The highest BCUT2D eigenvalue weighted by atomic mass is 19.1. The molecule has 0 unspecified atom stereocenters. The number of aromatic nitrogens is 3. The Morgan fingerprint density at radius 3 is 1.66 bits per heavy atom. The minimum absolute atomic E-state index is 0.0440. The monoisotopic (exact) mass is 814 g/mol. The Labute approximate surface area is 379 Å². The highest BCUT2D eigenvalue weighted by Gasteiger charge is 2.19. The van der Waals surface area contributed by atoms with Crippen LogP contribution in [0.3, 0.4) is 0 Å². The summed E-state index contributed by atoms with van der Waals surface area (Å²) in [6.45, 7) is 4.71. The number of hydrogen-bond donors (Lipinski definition) is 0. The summed E-state index contributed by atoms with van der Waals surface area (Å²) < 4.78 is 163. The van der Waals surface area contributed by atoms with Gasteiger partial charge < -0.3 is 4.42 Å². The standard InChI is InChI=1S/C56H50FN3O/c1-56(2,3)34-46-33-52(47-16-10-17-48-54-49(57)18-11-19-53(54)61-55(47)48)60-37-45(46)27-24-42-31-40(22-20-38-25-28-50(58-35-38)43-12-6-4-7-13-43)30-41(32-42)23-21-39-26-29-51(59-36-39)44-14-8-5-9-15-44/h4-19,25-26,28-33,35-37H,20-24,27,34H2,1-3H3/i18D,20D2,21D2,22D2,23D2,24D2,27D2,34D2. The van der Waals surface area contributed by atoms with E-state index in [4.69, 9.17) is 5.79 Å². The fourth-order valence-corrected chi connectivity index (χ4v) is 6.92. The van der Waals surface area contributed by atoms with E-state index in [1.165, 1.54) is 42.5 Å². The maximum absolute atomic E-state index is 15.4. The van der Waals surface area contributed by atoms with E-state index in [-0.39, 0.29) is 50.5 Å². The molecule has 0 N–H and O–H groups in total. The molecule has 0 fully saturated rings. The van der Waals surface area contributed by atoms with Crippen molar-refractivity contribution in [3.63, 3.8) is 0 Å². The Morgan fingerprint density at radius 2 is 1.10 bits per heavy atom. The summed E-state index contributed by atoms with van der Waals surface area (Å²) in [4.78, 5) is 13.3. The summed E-state index contributed by atoms with van der Waals surface area (Å²) >= 11 is 0. The van der Waals surface area contributed by atoms with E-state index in [2.05, 4.69) is 15.0 Å². The Morgan fingerprint density at radius 1 is 0.541 bits per heavy atom. The van der Waals surface area contributed by atoms with Crippen LogP contribution >= 0.6 is 0 Å². The van der Waals surface area contributed by atoms with Crippen LogP contribution < -0.4 is 0 Å². The lowest BCUT2D eigenvalue weighted by molar-refractivity contribution is 0.409. The van der Waals surface area contributed by atoms with Crippen LogP contribution in [-0.4, -0.2) is 15.0 Å². The maximum atomic E-state index is 15.4. The number of benzene rings is 5. The molecule has 0 aliphatic heterocycles. The summed E-state index contributed by atoms with van der Waals surface area (Å²) in [5, 5.41) is 0.338. The van der Waals surface area contributed by atoms with Crippen LogP contribution in [0, 0.1) is 11.2 Å². The van der Waals surface area contributed by atoms with Crippen molar-refractivity contribution >= 4 is 21.9 Å². The van der Waals surface area contributed by atoms with E-state index in [0.717, 1.165) is 36.8 Å². The molecule has 0 amide bonds. The molecule has 5 aromatic carbocycles. The smallest absolute Gasteiger partial charge is 0.144 e. The van der Waals surface area contributed by atoms with Gasteiger partial charge in [-0.15, -0.1) is 0 Å². The molecule has 0 spiro atoms. The van der Waals surface area contributed by atoms with Crippen LogP contribution in [0.15, 0.2) is 169 Å². The zero-order valence-corrected chi connectivity index (χ0v) is 33.6. The summed E-state index contributed by atoms with van der Waals surface area (Å²) in [5.74, 6) is -0.818. The summed E-state index contributed by atoms with van der Waals surface area (Å²) in [5.41, 5.74) is -1.85. The number of halogens is 1. The quantitative estimate of drug-likeness (QED) is 0.116. The SMILES string of the molecule is [2H]c1ccc2oc3c(-c4cc(C([2H])([2H])C(C)(C)C)c(C([2H])([2H])C([2H])([2H])c5cc(C([2H])([2H])C([2H])([2H])c6ccc(-c7ccccc7)nc6)cc(C([2H])([2H])C([2H])([2H])c6ccc(-c7ccccc7)nc6)c5)cn4)cccc3c2c1F. The molecule has 0 atom stereocenters. The van der Waals surface area contributed by atoms with Gasteiger partial charge in [0.15, 0.2) is 0 Å². The Bertz CT molecular complexity index is 3510. The first-order valence-electron chi connectivity index (χ1n) is 27.3. The van der Waals surface area contributed by atoms with E-state index in [1.807, 2.05) is 12.1 Å². The zero-order chi connectivity index (χ0) is 55.2. The van der Waals surface area contributed by atoms with Crippen molar-refractivity contribution in [1.82, 2.24) is 15.0 Å². The number of fused-ring (bicyclic) bond motifs is 3. The molecule has 4 heterocycles. The Balaban J connectivity index is 1.21. The van der Waals surface area contributed by atoms with Crippen molar-refractivity contribution in [2.45, 2.75) is 65.4 Å². The van der Waals surface area contributed by atoms with E-state index in [0.29, 0.717) is 27.9 Å².